The molecule has 0 saturated carbocycles. The van der Waals surface area contributed by atoms with Crippen LogP contribution in [0.3, 0.4) is 0 Å². The highest BCUT2D eigenvalue weighted by Crippen LogP contribution is 2.24. The maximum atomic E-state index is 13.4. The molecule has 0 unspecified atom stereocenters. The molecule has 0 atom stereocenters. The van der Waals surface area contributed by atoms with Crippen molar-refractivity contribution in [2.45, 2.75) is 24.9 Å². The van der Waals surface area contributed by atoms with Crippen LogP contribution in [0.25, 0.3) is 22.4 Å². The van der Waals surface area contributed by atoms with Gasteiger partial charge in [-0.05, 0) is 49.1 Å². The average Bonchev–Trinajstić information content (AvgIpc) is 3.31. The molecule has 176 valence electrons. The molecule has 5 rings (SSSR count). The van der Waals surface area contributed by atoms with Gasteiger partial charge in [0.25, 0.3) is 5.56 Å². The van der Waals surface area contributed by atoms with Gasteiger partial charge in [0, 0.05) is 6.54 Å². The van der Waals surface area contributed by atoms with Crippen LogP contribution >= 0.6 is 11.8 Å². The Labute approximate surface area is 206 Å². The van der Waals surface area contributed by atoms with E-state index in [9.17, 15) is 9.59 Å². The number of nitrogens with zero attached hydrogens (tertiary/aromatic N) is 4. The number of hydrogen-bond acceptors (Lipinski definition) is 5. The quantitative estimate of drug-likeness (QED) is 0.265. The van der Waals surface area contributed by atoms with Crippen LogP contribution in [0.2, 0.25) is 0 Å². The summed E-state index contributed by atoms with van der Waals surface area (Å²) in [6, 6.07) is 25.3. The summed E-state index contributed by atoms with van der Waals surface area (Å²) in [5.74, 6) is 0.578. The maximum Gasteiger partial charge on any atom is 0.267 e. The highest BCUT2D eigenvalue weighted by atomic mass is 32.2. The van der Waals surface area contributed by atoms with Crippen LogP contribution in [0.15, 0.2) is 88.8 Å². The number of aromatic nitrogens is 4. The Morgan fingerprint density at radius 3 is 2.51 bits per heavy atom. The normalized spacial score (nSPS) is 11.2. The van der Waals surface area contributed by atoms with Crippen molar-refractivity contribution in [2.24, 2.45) is 0 Å². The molecule has 0 fully saturated rings. The molecule has 7 nitrogen and oxygen atoms in total. The second kappa shape index (κ2) is 10.1. The van der Waals surface area contributed by atoms with E-state index in [1.807, 2.05) is 72.0 Å². The standard InChI is InChI=1S/C27H25N5O2S/c1-19-10-5-7-15-22(19)31-25(34)21-14-6-8-16-23(21)32-26(31)29-30-27(32)35-18-24(33)28-17-9-13-20-11-3-2-4-12-20/h2-8,10-12,14-16H,9,13,17-18H2,1H3,(H,28,33). The molecule has 35 heavy (non-hydrogen) atoms. The van der Waals surface area contributed by atoms with Gasteiger partial charge in [0.1, 0.15) is 0 Å². The number of nitrogens with one attached hydrogen (secondary N) is 1. The number of thioether (sulfide) groups is 1. The highest BCUT2D eigenvalue weighted by Gasteiger charge is 2.19. The van der Waals surface area contributed by atoms with Gasteiger partial charge in [0.2, 0.25) is 11.7 Å². The molecule has 0 radical (unpaired) electrons. The number of hydrogen-bond donors (Lipinski definition) is 1. The fraction of sp³-hybridized carbons (Fsp3) is 0.185. The van der Waals surface area contributed by atoms with Crippen molar-refractivity contribution in [3.8, 4) is 5.69 Å². The lowest BCUT2D eigenvalue weighted by molar-refractivity contribution is -0.118. The van der Waals surface area contributed by atoms with E-state index in [1.165, 1.54) is 17.3 Å². The third-order valence-electron chi connectivity index (χ3n) is 5.89. The Balaban J connectivity index is 1.38. The minimum atomic E-state index is -0.150. The van der Waals surface area contributed by atoms with E-state index in [2.05, 4.69) is 27.6 Å². The smallest absolute Gasteiger partial charge is 0.267 e. The summed E-state index contributed by atoms with van der Waals surface area (Å²) in [4.78, 5) is 25.9. The molecule has 0 saturated heterocycles. The molecular weight excluding hydrogens is 458 g/mol. The zero-order chi connectivity index (χ0) is 24.2. The first-order chi connectivity index (χ1) is 17.1. The fourth-order valence-corrected chi connectivity index (χ4v) is 4.92. The molecule has 0 spiro atoms. The molecule has 0 aliphatic rings. The Morgan fingerprint density at radius 2 is 1.69 bits per heavy atom. The van der Waals surface area contributed by atoms with Crippen LogP contribution in [0, 0.1) is 6.92 Å². The maximum absolute atomic E-state index is 13.4. The molecule has 0 bridgehead atoms. The number of fused-ring (bicyclic) bond motifs is 3. The van der Waals surface area contributed by atoms with Crippen molar-refractivity contribution in [1.82, 2.24) is 24.5 Å². The lowest BCUT2D eigenvalue weighted by Gasteiger charge is -2.13. The topological polar surface area (TPSA) is 81.3 Å². The van der Waals surface area contributed by atoms with Crippen molar-refractivity contribution in [2.75, 3.05) is 12.3 Å². The second-order valence-corrected chi connectivity index (χ2v) is 9.23. The summed E-state index contributed by atoms with van der Waals surface area (Å²) < 4.78 is 3.45. The van der Waals surface area contributed by atoms with Crippen LogP contribution < -0.4 is 10.9 Å². The Morgan fingerprint density at radius 1 is 0.943 bits per heavy atom. The summed E-state index contributed by atoms with van der Waals surface area (Å²) in [5.41, 5.74) is 3.54. The number of carbonyl (C=O) groups is 1. The molecular formula is C27H25N5O2S. The molecule has 1 N–H and O–H groups in total. The lowest BCUT2D eigenvalue weighted by atomic mass is 10.1. The van der Waals surface area contributed by atoms with Crippen LogP contribution in [-0.4, -0.2) is 37.4 Å². The predicted molar refractivity (Wildman–Crippen MR) is 139 cm³/mol. The summed E-state index contributed by atoms with van der Waals surface area (Å²) in [5, 5.41) is 12.8. The summed E-state index contributed by atoms with van der Waals surface area (Å²) in [6.07, 6.45) is 1.80. The zero-order valence-electron chi connectivity index (χ0n) is 19.3. The van der Waals surface area contributed by atoms with Gasteiger partial charge >= 0.3 is 0 Å². The number of carbonyl (C=O) groups excluding carboxylic acids is 1. The number of rotatable bonds is 8. The van der Waals surface area contributed by atoms with Gasteiger partial charge in [-0.15, -0.1) is 10.2 Å². The minimum absolute atomic E-state index is 0.0589. The van der Waals surface area contributed by atoms with Crippen molar-refractivity contribution >= 4 is 34.3 Å². The lowest BCUT2D eigenvalue weighted by Crippen LogP contribution is -2.26. The van der Waals surface area contributed by atoms with Gasteiger partial charge in [0.15, 0.2) is 5.16 Å². The van der Waals surface area contributed by atoms with Crippen molar-refractivity contribution < 1.29 is 4.79 Å². The van der Waals surface area contributed by atoms with E-state index in [4.69, 9.17) is 0 Å². The van der Waals surface area contributed by atoms with Gasteiger partial charge < -0.3 is 5.32 Å². The van der Waals surface area contributed by atoms with E-state index >= 15 is 0 Å². The first-order valence-corrected chi connectivity index (χ1v) is 12.5. The third kappa shape index (κ3) is 4.70. The summed E-state index contributed by atoms with van der Waals surface area (Å²) >= 11 is 1.31. The van der Waals surface area contributed by atoms with E-state index in [0.29, 0.717) is 28.4 Å². The van der Waals surface area contributed by atoms with Crippen molar-refractivity contribution in [1.29, 1.82) is 0 Å². The fourth-order valence-electron chi connectivity index (χ4n) is 4.15. The van der Waals surface area contributed by atoms with Crippen LogP contribution in [-0.2, 0) is 11.2 Å². The monoisotopic (exact) mass is 483 g/mol. The third-order valence-corrected chi connectivity index (χ3v) is 6.82. The first kappa shape index (κ1) is 22.9. The van der Waals surface area contributed by atoms with E-state index in [-0.39, 0.29) is 17.2 Å². The highest BCUT2D eigenvalue weighted by molar-refractivity contribution is 7.99. The molecule has 1 amide bonds. The Hall–Kier alpha value is -3.91. The van der Waals surface area contributed by atoms with Gasteiger partial charge in [-0.25, -0.2) is 4.57 Å². The molecule has 2 aromatic heterocycles. The molecule has 8 heteroatoms. The predicted octanol–water partition coefficient (Wildman–Crippen LogP) is 4.18. The van der Waals surface area contributed by atoms with Gasteiger partial charge in [-0.2, -0.15) is 0 Å². The minimum Gasteiger partial charge on any atom is -0.355 e. The molecule has 0 aliphatic heterocycles. The number of aryl methyl sites for hydroxylation is 2. The van der Waals surface area contributed by atoms with Crippen molar-refractivity contribution in [3.63, 3.8) is 0 Å². The first-order valence-electron chi connectivity index (χ1n) is 11.5. The number of amides is 1. The molecule has 0 aliphatic carbocycles. The SMILES string of the molecule is Cc1ccccc1-n1c(=O)c2ccccc2n2c(SCC(=O)NCCCc3ccccc3)nnc12. The van der Waals surface area contributed by atoms with E-state index in [0.717, 1.165) is 24.1 Å². The summed E-state index contributed by atoms with van der Waals surface area (Å²) in [6.45, 7) is 2.58. The van der Waals surface area contributed by atoms with Gasteiger partial charge in [-0.3, -0.25) is 14.0 Å². The summed E-state index contributed by atoms with van der Waals surface area (Å²) in [7, 11) is 0. The molecule has 3 aromatic carbocycles. The van der Waals surface area contributed by atoms with E-state index in [1.54, 1.807) is 10.6 Å². The number of para-hydroxylation sites is 2. The largest absolute Gasteiger partial charge is 0.355 e. The molecule has 5 aromatic rings. The Bertz CT molecular complexity index is 1560. The van der Waals surface area contributed by atoms with Gasteiger partial charge in [0.05, 0.1) is 22.3 Å². The number of benzene rings is 3. The van der Waals surface area contributed by atoms with Crippen LogP contribution in [0.5, 0.6) is 0 Å². The van der Waals surface area contributed by atoms with Crippen LogP contribution in [0.4, 0.5) is 0 Å². The Kier molecular flexibility index (Phi) is 6.63. The van der Waals surface area contributed by atoms with Crippen molar-refractivity contribution in [3.05, 3.63) is 100 Å². The molecule has 2 heterocycles. The van der Waals surface area contributed by atoms with Crippen LogP contribution in [0.1, 0.15) is 17.5 Å². The van der Waals surface area contributed by atoms with E-state index < -0.39 is 0 Å². The van der Waals surface area contributed by atoms with Gasteiger partial charge in [-0.1, -0.05) is 72.4 Å². The zero-order valence-corrected chi connectivity index (χ0v) is 20.2. The second-order valence-electron chi connectivity index (χ2n) is 8.29. The average molecular weight is 484 g/mol.